The summed E-state index contributed by atoms with van der Waals surface area (Å²) in [5, 5.41) is 18.6. The van der Waals surface area contributed by atoms with E-state index in [4.69, 9.17) is 14.6 Å². The topological polar surface area (TPSA) is 130 Å². The number of halogens is 1. The number of rotatable bonds is 8. The Balaban J connectivity index is 1.92. The Bertz CT molecular complexity index is 1120. The molecule has 9 nitrogen and oxygen atoms in total. The summed E-state index contributed by atoms with van der Waals surface area (Å²) < 4.78 is 11.6. The summed E-state index contributed by atoms with van der Waals surface area (Å²) in [7, 11) is 0. The number of hydrogen-bond acceptors (Lipinski definition) is 7. The van der Waals surface area contributed by atoms with Crippen LogP contribution in [-0.2, 0) is 19.2 Å². The molecule has 35 heavy (non-hydrogen) atoms. The molecule has 0 saturated heterocycles. The lowest BCUT2D eigenvalue weighted by molar-refractivity contribution is -0.139. The van der Waals surface area contributed by atoms with E-state index in [1.807, 2.05) is 0 Å². The van der Waals surface area contributed by atoms with Gasteiger partial charge < -0.3 is 24.6 Å². The summed E-state index contributed by atoms with van der Waals surface area (Å²) in [6.45, 7) is 1.20. The van der Waals surface area contributed by atoms with E-state index in [2.05, 4.69) is 15.9 Å². The number of allylic oxidation sites excluding steroid dienone is 4. The molecule has 2 aliphatic carbocycles. The van der Waals surface area contributed by atoms with Gasteiger partial charge in [0.2, 0.25) is 0 Å². The monoisotopic (exact) mass is 547 g/mol. The number of nitrogens with zero attached hydrogens (tertiary/aromatic N) is 1. The molecule has 4 rings (SSSR count). The molecule has 0 aromatic heterocycles. The number of ketones is 2. The van der Waals surface area contributed by atoms with Gasteiger partial charge in [-0.3, -0.25) is 14.4 Å². The molecule has 0 radical (unpaired) electrons. The van der Waals surface area contributed by atoms with Crippen molar-refractivity contribution in [1.29, 1.82) is 0 Å². The second kappa shape index (κ2) is 10.2. The second-order valence-corrected chi connectivity index (χ2v) is 9.49. The summed E-state index contributed by atoms with van der Waals surface area (Å²) in [5.74, 6) is -2.51. The van der Waals surface area contributed by atoms with E-state index in [0.29, 0.717) is 76.9 Å². The second-order valence-electron chi connectivity index (χ2n) is 8.63. The van der Waals surface area contributed by atoms with E-state index >= 15 is 0 Å². The van der Waals surface area contributed by atoms with Gasteiger partial charge in [-0.05, 0) is 66.2 Å². The number of carbonyl (C=O) groups excluding carboxylic acids is 2. The molecule has 0 atom stereocenters. The van der Waals surface area contributed by atoms with Gasteiger partial charge in [0.25, 0.3) is 0 Å². The van der Waals surface area contributed by atoms with E-state index in [1.54, 1.807) is 24.0 Å². The van der Waals surface area contributed by atoms with Crippen LogP contribution in [0.3, 0.4) is 0 Å². The zero-order chi connectivity index (χ0) is 25.3. The van der Waals surface area contributed by atoms with Crippen LogP contribution in [0.1, 0.15) is 56.9 Å². The number of aliphatic carboxylic acids is 2. The summed E-state index contributed by atoms with van der Waals surface area (Å²) >= 11 is 3.45. The Kier molecular flexibility index (Phi) is 7.30. The third-order valence-corrected chi connectivity index (χ3v) is 6.97. The van der Waals surface area contributed by atoms with Crippen molar-refractivity contribution < 1.29 is 38.9 Å². The third kappa shape index (κ3) is 4.84. The van der Waals surface area contributed by atoms with Gasteiger partial charge in [-0.15, -0.1) is 0 Å². The van der Waals surface area contributed by atoms with Crippen LogP contribution in [0.2, 0.25) is 0 Å². The van der Waals surface area contributed by atoms with Crippen LogP contribution in [0.15, 0.2) is 39.1 Å². The fraction of sp³-hybridized carbons (Fsp3) is 0.440. The van der Waals surface area contributed by atoms with Crippen molar-refractivity contribution in [1.82, 2.24) is 4.90 Å². The number of hydrogen-bond donors (Lipinski definition) is 2. The van der Waals surface area contributed by atoms with Crippen molar-refractivity contribution in [3.8, 4) is 11.5 Å². The normalized spacial score (nSPS) is 18.4. The standard InChI is InChI=1S/C25H26BrNO8/c1-2-34-19-10-13(9-14(26)25(19)35-12-21(32)33)22-23-15(5-3-7-17(23)28)27(11-20(30)31)16-6-4-8-18(29)24(16)22/h9-10,22H,2-8,11-12H2,1H3,(H,30,31)(H,32,33). The maximum atomic E-state index is 13.3. The maximum Gasteiger partial charge on any atom is 0.341 e. The van der Waals surface area contributed by atoms with E-state index in [0.717, 1.165) is 0 Å². The highest BCUT2D eigenvalue weighted by molar-refractivity contribution is 9.10. The van der Waals surface area contributed by atoms with Gasteiger partial charge in [-0.2, -0.15) is 0 Å². The van der Waals surface area contributed by atoms with Crippen LogP contribution in [-0.4, -0.2) is 58.4 Å². The van der Waals surface area contributed by atoms with Crippen LogP contribution in [0.4, 0.5) is 0 Å². The molecule has 0 fully saturated rings. The van der Waals surface area contributed by atoms with Crippen molar-refractivity contribution in [2.24, 2.45) is 0 Å². The molecule has 1 heterocycles. The fourth-order valence-electron chi connectivity index (χ4n) is 5.17. The zero-order valence-corrected chi connectivity index (χ0v) is 20.9. The first kappa shape index (κ1) is 25.0. The Hall–Kier alpha value is -3.14. The summed E-state index contributed by atoms with van der Waals surface area (Å²) in [6.07, 6.45) is 2.99. The Morgan fingerprint density at radius 2 is 1.57 bits per heavy atom. The van der Waals surface area contributed by atoms with Crippen LogP contribution in [0.5, 0.6) is 11.5 Å². The van der Waals surface area contributed by atoms with E-state index in [-0.39, 0.29) is 30.5 Å². The molecule has 0 bridgehead atoms. The molecule has 1 aromatic carbocycles. The molecule has 0 saturated carbocycles. The minimum Gasteiger partial charge on any atom is -0.490 e. The van der Waals surface area contributed by atoms with Crippen LogP contribution in [0, 0.1) is 0 Å². The Labute approximate surface area is 210 Å². The summed E-state index contributed by atoms with van der Waals surface area (Å²) in [6, 6.07) is 3.40. The van der Waals surface area contributed by atoms with Crippen LogP contribution >= 0.6 is 15.9 Å². The van der Waals surface area contributed by atoms with Gasteiger partial charge in [-0.25, -0.2) is 4.79 Å². The molecule has 1 aromatic rings. The Morgan fingerprint density at radius 1 is 0.971 bits per heavy atom. The highest BCUT2D eigenvalue weighted by Gasteiger charge is 2.44. The van der Waals surface area contributed by atoms with Crippen LogP contribution < -0.4 is 9.47 Å². The van der Waals surface area contributed by atoms with Gasteiger partial charge >= 0.3 is 11.9 Å². The fourth-order valence-corrected chi connectivity index (χ4v) is 5.74. The predicted octanol–water partition coefficient (Wildman–Crippen LogP) is 3.81. The third-order valence-electron chi connectivity index (χ3n) is 6.38. The Morgan fingerprint density at radius 3 is 2.09 bits per heavy atom. The molecule has 0 unspecified atom stereocenters. The van der Waals surface area contributed by atoms with Gasteiger partial charge in [0, 0.05) is 41.3 Å². The molecule has 3 aliphatic rings. The molecular weight excluding hydrogens is 522 g/mol. The lowest BCUT2D eigenvalue weighted by Crippen LogP contribution is -2.41. The number of ether oxygens (including phenoxy) is 2. The predicted molar refractivity (Wildman–Crippen MR) is 127 cm³/mol. The lowest BCUT2D eigenvalue weighted by Gasteiger charge is -2.43. The number of carbonyl (C=O) groups is 4. The van der Waals surface area contributed by atoms with Gasteiger partial charge in [-0.1, -0.05) is 0 Å². The highest BCUT2D eigenvalue weighted by atomic mass is 79.9. The number of carboxylic acid groups (broad SMARTS) is 2. The molecular formula is C25H26BrNO8. The first-order valence-electron chi connectivity index (χ1n) is 11.6. The minimum absolute atomic E-state index is 0.100. The van der Waals surface area contributed by atoms with E-state index < -0.39 is 24.5 Å². The van der Waals surface area contributed by atoms with Crippen LogP contribution in [0.25, 0.3) is 0 Å². The molecule has 1 aliphatic heterocycles. The van der Waals surface area contributed by atoms with Gasteiger partial charge in [0.15, 0.2) is 29.7 Å². The molecule has 10 heteroatoms. The van der Waals surface area contributed by atoms with Crippen molar-refractivity contribution >= 4 is 39.4 Å². The van der Waals surface area contributed by atoms with Crippen molar-refractivity contribution in [2.75, 3.05) is 19.8 Å². The lowest BCUT2D eigenvalue weighted by atomic mass is 9.71. The molecule has 186 valence electrons. The molecule has 0 spiro atoms. The maximum absolute atomic E-state index is 13.3. The molecule has 2 N–H and O–H groups in total. The SMILES string of the molecule is CCOc1cc(C2C3=C(CCCC3=O)N(CC(=O)O)C3=C2C(=O)CCC3)cc(Br)c1OCC(=O)O. The highest BCUT2D eigenvalue weighted by Crippen LogP contribution is 2.51. The zero-order valence-electron chi connectivity index (χ0n) is 19.3. The van der Waals surface area contributed by atoms with Gasteiger partial charge in [0.1, 0.15) is 6.54 Å². The first-order valence-corrected chi connectivity index (χ1v) is 12.3. The average molecular weight is 548 g/mol. The number of carboxylic acids is 2. The number of benzene rings is 1. The first-order chi connectivity index (χ1) is 16.7. The van der Waals surface area contributed by atoms with Crippen molar-refractivity contribution in [3.05, 3.63) is 44.7 Å². The summed E-state index contributed by atoms with van der Waals surface area (Å²) in [4.78, 5) is 51.0. The largest absolute Gasteiger partial charge is 0.490 e. The smallest absolute Gasteiger partial charge is 0.341 e. The van der Waals surface area contributed by atoms with E-state index in [1.165, 1.54) is 0 Å². The minimum atomic E-state index is -1.14. The quantitative estimate of drug-likeness (QED) is 0.498. The van der Waals surface area contributed by atoms with Crippen molar-refractivity contribution in [3.63, 3.8) is 0 Å². The van der Waals surface area contributed by atoms with Gasteiger partial charge in [0.05, 0.1) is 11.1 Å². The van der Waals surface area contributed by atoms with E-state index in [9.17, 15) is 24.3 Å². The van der Waals surface area contributed by atoms with Crippen molar-refractivity contribution in [2.45, 2.75) is 51.4 Å². The average Bonchev–Trinajstić information content (AvgIpc) is 2.79. The molecule has 0 amide bonds. The summed E-state index contributed by atoms with van der Waals surface area (Å²) in [5.41, 5.74) is 2.88. The number of Topliss-reactive ketones (excluding diaryl/α,β-unsaturated/α-hetero) is 2.